The van der Waals surface area contributed by atoms with Crippen molar-refractivity contribution in [3.8, 4) is 11.5 Å². The lowest BCUT2D eigenvalue weighted by atomic mass is 10.1. The van der Waals surface area contributed by atoms with E-state index in [4.69, 9.17) is 21.7 Å². The first kappa shape index (κ1) is 23.0. The normalized spacial score (nSPS) is 15.5. The molecule has 3 amide bonds. The molecule has 2 aromatic rings. The number of carbonyl (C=O) groups is 3. The minimum absolute atomic E-state index is 0.123. The lowest BCUT2D eigenvalue weighted by Gasteiger charge is -2.24. The Bertz CT molecular complexity index is 1010. The zero-order valence-electron chi connectivity index (χ0n) is 18.0. The number of likely N-dealkylation sites (N-methyl/N-ethyl adjacent to an activating group) is 1. The standard InChI is InChI=1S/C22H24N4O5S/c1-4-25-21(29)18(13-19(27)23-15-8-6-5-7-9-15)26(22(25)32)24-20(28)14-10-16(30-2)12-17(11-14)31-3/h5-12,18H,4,13H2,1-3H3,(H,23,27)(H,24,28). The van der Waals surface area contributed by atoms with E-state index in [1.165, 1.54) is 36.3 Å². The third-order valence-corrected chi connectivity index (χ3v) is 5.30. The number of methoxy groups -OCH3 is 2. The first-order chi connectivity index (χ1) is 15.4. The van der Waals surface area contributed by atoms with Gasteiger partial charge in [-0.15, -0.1) is 0 Å². The molecule has 0 saturated carbocycles. The summed E-state index contributed by atoms with van der Waals surface area (Å²) in [7, 11) is 2.95. The zero-order chi connectivity index (χ0) is 23.3. The first-order valence-electron chi connectivity index (χ1n) is 9.91. The number of amides is 3. The van der Waals surface area contributed by atoms with Crippen molar-refractivity contribution >= 4 is 40.7 Å². The molecule has 1 atom stereocenters. The number of hydrogen-bond acceptors (Lipinski definition) is 6. The average molecular weight is 457 g/mol. The highest BCUT2D eigenvalue weighted by molar-refractivity contribution is 7.80. The summed E-state index contributed by atoms with van der Waals surface area (Å²) in [5, 5.41) is 4.13. The Morgan fingerprint density at radius 3 is 2.25 bits per heavy atom. The Kier molecular flexibility index (Phi) is 7.26. The number of nitrogens with zero attached hydrogens (tertiary/aromatic N) is 2. The van der Waals surface area contributed by atoms with Crippen molar-refractivity contribution in [2.24, 2.45) is 0 Å². The topological polar surface area (TPSA) is 100 Å². The van der Waals surface area contributed by atoms with Crippen LogP contribution in [-0.4, -0.2) is 59.5 Å². The molecule has 0 bridgehead atoms. The molecule has 1 heterocycles. The number of benzene rings is 2. The molecule has 1 fully saturated rings. The predicted molar refractivity (Wildman–Crippen MR) is 122 cm³/mol. The van der Waals surface area contributed by atoms with E-state index >= 15 is 0 Å². The molecule has 2 aromatic carbocycles. The maximum atomic E-state index is 13.0. The predicted octanol–water partition coefficient (Wildman–Crippen LogP) is 2.19. The average Bonchev–Trinajstić information content (AvgIpc) is 3.02. The lowest BCUT2D eigenvalue weighted by Crippen LogP contribution is -2.49. The minimum Gasteiger partial charge on any atom is -0.497 e. The van der Waals surface area contributed by atoms with Crippen molar-refractivity contribution in [1.82, 2.24) is 15.3 Å². The highest BCUT2D eigenvalue weighted by Gasteiger charge is 2.44. The molecular weight excluding hydrogens is 432 g/mol. The van der Waals surface area contributed by atoms with Crippen molar-refractivity contribution in [2.75, 3.05) is 26.1 Å². The van der Waals surface area contributed by atoms with Crippen LogP contribution >= 0.6 is 12.2 Å². The first-order valence-corrected chi connectivity index (χ1v) is 10.3. The second-order valence-electron chi connectivity index (χ2n) is 6.91. The summed E-state index contributed by atoms with van der Waals surface area (Å²) in [6, 6.07) is 12.6. The molecule has 32 heavy (non-hydrogen) atoms. The van der Waals surface area contributed by atoms with Gasteiger partial charge in [-0.25, -0.2) is 5.01 Å². The van der Waals surface area contributed by atoms with Gasteiger partial charge in [0.1, 0.15) is 17.5 Å². The molecule has 3 rings (SSSR count). The Morgan fingerprint density at radius 2 is 1.69 bits per heavy atom. The Hall–Kier alpha value is -3.66. The number of carbonyl (C=O) groups excluding carboxylic acids is 3. The lowest BCUT2D eigenvalue weighted by molar-refractivity contribution is -0.130. The van der Waals surface area contributed by atoms with Gasteiger partial charge in [0, 0.05) is 23.9 Å². The molecule has 0 aliphatic carbocycles. The van der Waals surface area contributed by atoms with Crippen LogP contribution in [0.5, 0.6) is 11.5 Å². The molecule has 2 N–H and O–H groups in total. The molecule has 0 radical (unpaired) electrons. The van der Waals surface area contributed by atoms with Gasteiger partial charge in [-0.05, 0) is 43.4 Å². The van der Waals surface area contributed by atoms with Gasteiger partial charge < -0.3 is 14.8 Å². The third-order valence-electron chi connectivity index (χ3n) is 4.89. The summed E-state index contributed by atoms with van der Waals surface area (Å²) in [4.78, 5) is 39.8. The molecule has 1 unspecified atom stereocenters. The van der Waals surface area contributed by atoms with Crippen LogP contribution in [0.4, 0.5) is 5.69 Å². The van der Waals surface area contributed by atoms with Gasteiger partial charge in [0.25, 0.3) is 11.8 Å². The molecule has 0 spiro atoms. The van der Waals surface area contributed by atoms with Crippen molar-refractivity contribution < 1.29 is 23.9 Å². The van der Waals surface area contributed by atoms with E-state index in [9.17, 15) is 14.4 Å². The Morgan fingerprint density at radius 1 is 1.06 bits per heavy atom. The van der Waals surface area contributed by atoms with E-state index in [1.807, 2.05) is 6.07 Å². The molecule has 1 aliphatic rings. The summed E-state index contributed by atoms with van der Waals surface area (Å²) < 4.78 is 10.4. The van der Waals surface area contributed by atoms with E-state index in [2.05, 4.69) is 10.7 Å². The summed E-state index contributed by atoms with van der Waals surface area (Å²) in [5.74, 6) is -0.391. The Labute approximate surface area is 191 Å². The summed E-state index contributed by atoms with van der Waals surface area (Å²) >= 11 is 5.40. The number of hydrogen-bond donors (Lipinski definition) is 2. The monoisotopic (exact) mass is 456 g/mol. The maximum Gasteiger partial charge on any atom is 0.270 e. The van der Waals surface area contributed by atoms with Crippen molar-refractivity contribution in [3.05, 3.63) is 54.1 Å². The maximum absolute atomic E-state index is 13.0. The number of nitrogens with one attached hydrogen (secondary N) is 2. The van der Waals surface area contributed by atoms with E-state index in [-0.39, 0.29) is 28.9 Å². The molecule has 1 aliphatic heterocycles. The molecule has 168 valence electrons. The van der Waals surface area contributed by atoms with E-state index in [1.54, 1.807) is 37.3 Å². The fourth-order valence-corrected chi connectivity index (χ4v) is 3.66. The van der Waals surface area contributed by atoms with Gasteiger partial charge in [-0.3, -0.25) is 24.7 Å². The number of para-hydroxylation sites is 1. The zero-order valence-corrected chi connectivity index (χ0v) is 18.8. The molecule has 0 aromatic heterocycles. The second kappa shape index (κ2) is 10.1. The van der Waals surface area contributed by atoms with Gasteiger partial charge >= 0.3 is 0 Å². The van der Waals surface area contributed by atoms with Crippen molar-refractivity contribution in [1.29, 1.82) is 0 Å². The highest BCUT2D eigenvalue weighted by atomic mass is 32.1. The molecule has 9 nitrogen and oxygen atoms in total. The largest absolute Gasteiger partial charge is 0.497 e. The number of ether oxygens (including phenoxy) is 2. The van der Waals surface area contributed by atoms with E-state index in [0.29, 0.717) is 23.7 Å². The molecule has 1 saturated heterocycles. The molecule has 10 heteroatoms. The van der Waals surface area contributed by atoms with E-state index in [0.717, 1.165) is 0 Å². The summed E-state index contributed by atoms with van der Waals surface area (Å²) in [5.41, 5.74) is 3.52. The quantitative estimate of drug-likeness (QED) is 0.588. The van der Waals surface area contributed by atoms with Gasteiger partial charge in [0.2, 0.25) is 5.91 Å². The van der Waals surface area contributed by atoms with Crippen LogP contribution in [0.25, 0.3) is 0 Å². The Balaban J connectivity index is 1.80. The van der Waals surface area contributed by atoms with Crippen LogP contribution in [0, 0.1) is 0 Å². The second-order valence-corrected chi connectivity index (χ2v) is 7.28. The molecular formula is C22H24N4O5S. The van der Waals surface area contributed by atoms with Crippen LogP contribution in [-0.2, 0) is 9.59 Å². The van der Waals surface area contributed by atoms with Crippen LogP contribution in [0.3, 0.4) is 0 Å². The van der Waals surface area contributed by atoms with Crippen LogP contribution < -0.4 is 20.2 Å². The van der Waals surface area contributed by atoms with Gasteiger partial charge in [0.05, 0.1) is 20.6 Å². The van der Waals surface area contributed by atoms with E-state index < -0.39 is 11.9 Å². The van der Waals surface area contributed by atoms with Gasteiger partial charge in [-0.1, -0.05) is 18.2 Å². The van der Waals surface area contributed by atoms with Crippen LogP contribution in [0.15, 0.2) is 48.5 Å². The summed E-state index contributed by atoms with van der Waals surface area (Å²) in [6.45, 7) is 2.08. The smallest absolute Gasteiger partial charge is 0.270 e. The SMILES string of the molecule is CCN1C(=O)C(CC(=O)Nc2ccccc2)N(NC(=O)c2cc(OC)cc(OC)c2)C1=S. The minimum atomic E-state index is -0.970. The third kappa shape index (κ3) is 4.97. The van der Waals surface area contributed by atoms with Crippen molar-refractivity contribution in [3.63, 3.8) is 0 Å². The van der Waals surface area contributed by atoms with Gasteiger partial charge in [0.15, 0.2) is 5.11 Å². The number of anilines is 1. The fraction of sp³-hybridized carbons (Fsp3) is 0.273. The highest BCUT2D eigenvalue weighted by Crippen LogP contribution is 2.24. The number of hydrazine groups is 1. The number of thiocarbonyl (C=S) groups is 1. The van der Waals surface area contributed by atoms with Crippen LogP contribution in [0.1, 0.15) is 23.7 Å². The summed E-state index contributed by atoms with van der Waals surface area (Å²) in [6.07, 6.45) is -0.188. The van der Waals surface area contributed by atoms with Crippen LogP contribution in [0.2, 0.25) is 0 Å². The van der Waals surface area contributed by atoms with Gasteiger partial charge in [-0.2, -0.15) is 0 Å². The van der Waals surface area contributed by atoms with Crippen molar-refractivity contribution in [2.45, 2.75) is 19.4 Å². The number of rotatable bonds is 8. The fourth-order valence-electron chi connectivity index (χ4n) is 3.26.